The molecule has 3 N–H and O–H groups in total. The van der Waals surface area contributed by atoms with Crippen molar-refractivity contribution in [3.8, 4) is 5.75 Å². The number of anilines is 1. The fourth-order valence-corrected chi connectivity index (χ4v) is 1.87. The van der Waals surface area contributed by atoms with Crippen LogP contribution >= 0.6 is 0 Å². The van der Waals surface area contributed by atoms with E-state index in [1.54, 1.807) is 31.2 Å². The predicted octanol–water partition coefficient (Wildman–Crippen LogP) is 3.47. The molecule has 0 atom stereocenters. The highest BCUT2D eigenvalue weighted by molar-refractivity contribution is 6.03. The number of nitrogens with one attached hydrogen (secondary N) is 2. The number of para-hydroxylation sites is 1. The minimum atomic E-state index is -0.520. The Balaban J connectivity index is 2.09. The van der Waals surface area contributed by atoms with Crippen LogP contribution in [-0.2, 0) is 0 Å². The molecule has 2 aromatic carbocycles. The molecule has 5 nitrogen and oxygen atoms in total. The number of hydrogen-bond acceptors (Lipinski definition) is 3. The maximum atomic E-state index is 13.3. The Bertz CT molecular complexity index is 687. The van der Waals surface area contributed by atoms with Crippen LogP contribution in [0.2, 0.25) is 0 Å². The number of hydrogen-bond donors (Lipinski definition) is 3. The third kappa shape index (κ3) is 4.05. The van der Waals surface area contributed by atoms with Crippen molar-refractivity contribution in [1.29, 1.82) is 0 Å². The SMILES string of the molecule is CC/C(=N\NC(=O)Nc1ccccc1)c1cc(F)ccc1O. The lowest BCUT2D eigenvalue weighted by Crippen LogP contribution is -2.25. The predicted molar refractivity (Wildman–Crippen MR) is 83.5 cm³/mol. The molecule has 0 radical (unpaired) electrons. The zero-order valence-corrected chi connectivity index (χ0v) is 12.0. The first kappa shape index (κ1) is 15.5. The molecule has 0 spiro atoms. The second kappa shape index (κ2) is 7.21. The van der Waals surface area contributed by atoms with E-state index in [0.29, 0.717) is 17.8 Å². The summed E-state index contributed by atoms with van der Waals surface area (Å²) in [5.41, 5.74) is 3.59. The number of carbonyl (C=O) groups excluding carboxylic acids is 1. The molecule has 0 heterocycles. The first-order chi connectivity index (χ1) is 10.6. The van der Waals surface area contributed by atoms with E-state index >= 15 is 0 Å². The molecule has 0 bridgehead atoms. The van der Waals surface area contributed by atoms with Gasteiger partial charge in [-0.15, -0.1) is 0 Å². The number of urea groups is 1. The molecule has 114 valence electrons. The highest BCUT2D eigenvalue weighted by atomic mass is 19.1. The molecular formula is C16H16FN3O2. The Kier molecular flexibility index (Phi) is 5.08. The topological polar surface area (TPSA) is 73.7 Å². The lowest BCUT2D eigenvalue weighted by molar-refractivity contribution is 0.252. The van der Waals surface area contributed by atoms with Gasteiger partial charge in [0, 0.05) is 11.3 Å². The van der Waals surface area contributed by atoms with E-state index in [0.717, 1.165) is 6.07 Å². The molecule has 0 aliphatic heterocycles. The summed E-state index contributed by atoms with van der Waals surface area (Å²) in [6.45, 7) is 1.79. The number of halogens is 1. The zero-order chi connectivity index (χ0) is 15.9. The molecule has 2 amide bonds. The van der Waals surface area contributed by atoms with Crippen LogP contribution < -0.4 is 10.7 Å². The van der Waals surface area contributed by atoms with Crippen molar-refractivity contribution in [2.75, 3.05) is 5.32 Å². The van der Waals surface area contributed by atoms with Gasteiger partial charge in [-0.1, -0.05) is 25.1 Å². The van der Waals surface area contributed by atoms with E-state index in [9.17, 15) is 14.3 Å². The molecule has 22 heavy (non-hydrogen) atoms. The normalized spacial score (nSPS) is 11.1. The van der Waals surface area contributed by atoms with Crippen molar-refractivity contribution < 1.29 is 14.3 Å². The second-order valence-corrected chi connectivity index (χ2v) is 4.51. The van der Waals surface area contributed by atoms with Gasteiger partial charge >= 0.3 is 6.03 Å². The molecule has 2 aromatic rings. The van der Waals surface area contributed by atoms with Gasteiger partial charge in [0.1, 0.15) is 11.6 Å². The van der Waals surface area contributed by atoms with Gasteiger partial charge in [-0.3, -0.25) is 0 Å². The van der Waals surface area contributed by atoms with Gasteiger partial charge in [0.25, 0.3) is 0 Å². The number of carbonyl (C=O) groups is 1. The lowest BCUT2D eigenvalue weighted by Gasteiger charge is -2.08. The standard InChI is InChI=1S/C16H16FN3O2/c1-2-14(13-10-11(17)8-9-15(13)21)19-20-16(22)18-12-6-4-3-5-7-12/h3-10,21H,2H2,1H3,(H2,18,20,22)/b19-14+. The van der Waals surface area contributed by atoms with Crippen LogP contribution in [0.15, 0.2) is 53.6 Å². The van der Waals surface area contributed by atoms with Gasteiger partial charge in [-0.2, -0.15) is 5.10 Å². The van der Waals surface area contributed by atoms with Crippen LogP contribution in [0.4, 0.5) is 14.9 Å². The first-order valence-electron chi connectivity index (χ1n) is 6.77. The van der Waals surface area contributed by atoms with Crippen molar-refractivity contribution in [2.24, 2.45) is 5.10 Å². The summed E-state index contributed by atoms with van der Waals surface area (Å²) in [6, 6.07) is 12.0. The highest BCUT2D eigenvalue weighted by Crippen LogP contribution is 2.19. The molecule has 2 rings (SSSR count). The minimum absolute atomic E-state index is 0.0905. The van der Waals surface area contributed by atoms with Crippen LogP contribution in [0.25, 0.3) is 0 Å². The van der Waals surface area contributed by atoms with Crippen LogP contribution in [0, 0.1) is 5.82 Å². The molecule has 0 aliphatic carbocycles. The van der Waals surface area contributed by atoms with Crippen LogP contribution in [-0.4, -0.2) is 16.8 Å². The summed E-state index contributed by atoms with van der Waals surface area (Å²) >= 11 is 0. The summed E-state index contributed by atoms with van der Waals surface area (Å²) in [6.07, 6.45) is 0.419. The number of hydrazone groups is 1. The van der Waals surface area contributed by atoms with Crippen molar-refractivity contribution in [3.63, 3.8) is 0 Å². The van der Waals surface area contributed by atoms with Crippen LogP contribution in [0.1, 0.15) is 18.9 Å². The average Bonchev–Trinajstić information content (AvgIpc) is 2.52. The highest BCUT2D eigenvalue weighted by Gasteiger charge is 2.10. The second-order valence-electron chi connectivity index (χ2n) is 4.51. The Morgan fingerprint density at radius 2 is 1.95 bits per heavy atom. The third-order valence-corrected chi connectivity index (χ3v) is 2.93. The number of benzene rings is 2. The van der Waals surface area contributed by atoms with Gasteiger partial charge < -0.3 is 10.4 Å². The monoisotopic (exact) mass is 301 g/mol. The van der Waals surface area contributed by atoms with Crippen molar-refractivity contribution >= 4 is 17.4 Å². The molecule has 0 saturated heterocycles. The fraction of sp³-hybridized carbons (Fsp3) is 0.125. The Labute approximate surface area is 127 Å². The summed E-state index contributed by atoms with van der Waals surface area (Å²) in [7, 11) is 0. The number of nitrogens with zero attached hydrogens (tertiary/aromatic N) is 1. The molecule has 0 fully saturated rings. The number of rotatable bonds is 4. The maximum Gasteiger partial charge on any atom is 0.339 e. The van der Waals surface area contributed by atoms with Gasteiger partial charge in [0.05, 0.1) is 5.71 Å². The lowest BCUT2D eigenvalue weighted by atomic mass is 10.1. The quantitative estimate of drug-likeness (QED) is 0.597. The van der Waals surface area contributed by atoms with E-state index < -0.39 is 11.8 Å². The van der Waals surface area contributed by atoms with Gasteiger partial charge in [0.2, 0.25) is 0 Å². The van der Waals surface area contributed by atoms with Gasteiger partial charge in [-0.25, -0.2) is 14.6 Å². The van der Waals surface area contributed by atoms with E-state index in [4.69, 9.17) is 0 Å². The molecule has 0 aliphatic rings. The van der Waals surface area contributed by atoms with E-state index in [1.165, 1.54) is 12.1 Å². The minimum Gasteiger partial charge on any atom is -0.507 e. The van der Waals surface area contributed by atoms with Crippen molar-refractivity contribution in [2.45, 2.75) is 13.3 Å². The summed E-state index contributed by atoms with van der Waals surface area (Å²) in [5.74, 6) is -0.574. The van der Waals surface area contributed by atoms with Crippen LogP contribution in [0.5, 0.6) is 5.75 Å². The molecule has 6 heteroatoms. The number of amides is 2. The Morgan fingerprint density at radius 3 is 2.64 bits per heavy atom. The first-order valence-corrected chi connectivity index (χ1v) is 6.77. The zero-order valence-electron chi connectivity index (χ0n) is 12.0. The van der Waals surface area contributed by atoms with Crippen molar-refractivity contribution in [1.82, 2.24) is 5.43 Å². The third-order valence-electron chi connectivity index (χ3n) is 2.93. The van der Waals surface area contributed by atoms with Crippen LogP contribution in [0.3, 0.4) is 0 Å². The average molecular weight is 301 g/mol. The Hall–Kier alpha value is -2.89. The summed E-state index contributed by atoms with van der Waals surface area (Å²) < 4.78 is 13.3. The molecule has 0 aromatic heterocycles. The van der Waals surface area contributed by atoms with Crippen molar-refractivity contribution in [3.05, 3.63) is 59.9 Å². The largest absolute Gasteiger partial charge is 0.507 e. The van der Waals surface area contributed by atoms with E-state index in [2.05, 4.69) is 15.8 Å². The van der Waals surface area contributed by atoms with Gasteiger partial charge in [-0.05, 0) is 36.8 Å². The van der Waals surface area contributed by atoms with E-state index in [1.807, 2.05) is 6.07 Å². The van der Waals surface area contributed by atoms with E-state index in [-0.39, 0.29) is 11.3 Å². The number of phenols is 1. The smallest absolute Gasteiger partial charge is 0.339 e. The molecular weight excluding hydrogens is 285 g/mol. The summed E-state index contributed by atoms with van der Waals surface area (Å²) in [4.78, 5) is 11.8. The maximum absolute atomic E-state index is 13.3. The fourth-order valence-electron chi connectivity index (χ4n) is 1.87. The number of aromatic hydroxyl groups is 1. The molecule has 0 unspecified atom stereocenters. The Morgan fingerprint density at radius 1 is 1.23 bits per heavy atom. The molecule has 0 saturated carbocycles. The summed E-state index contributed by atoms with van der Waals surface area (Å²) in [5, 5.41) is 16.3. The number of phenolic OH excluding ortho intramolecular Hbond substituents is 1. The van der Waals surface area contributed by atoms with Gasteiger partial charge in [0.15, 0.2) is 0 Å².